The third kappa shape index (κ3) is 11.0. The van der Waals surface area contributed by atoms with Gasteiger partial charge in [0, 0.05) is 11.4 Å². The average Bonchev–Trinajstić information content (AvgIpc) is 2.77. The first-order valence-electron chi connectivity index (χ1n) is 10.6. The Balaban J connectivity index is -0.000000695. The summed E-state index contributed by atoms with van der Waals surface area (Å²) in [6, 6.07) is 12.2. The molecule has 4 heteroatoms. The normalized spacial score (nSPS) is 8.29. The number of benzene rings is 2. The van der Waals surface area contributed by atoms with Crippen LogP contribution in [0.25, 0.3) is 11.1 Å². The summed E-state index contributed by atoms with van der Waals surface area (Å²) in [5.74, 6) is 0. The third-order valence-corrected chi connectivity index (χ3v) is 3.33. The molecule has 0 atom stereocenters. The molecule has 0 aliphatic heterocycles. The van der Waals surface area contributed by atoms with Crippen LogP contribution in [0, 0.1) is 13.8 Å². The van der Waals surface area contributed by atoms with Gasteiger partial charge in [0.05, 0.1) is 0 Å². The second kappa shape index (κ2) is 21.3. The minimum absolute atomic E-state index is 0.0686. The lowest BCUT2D eigenvalue weighted by atomic mass is 10.00. The van der Waals surface area contributed by atoms with Crippen molar-refractivity contribution in [3.63, 3.8) is 0 Å². The Labute approximate surface area is 174 Å². The third-order valence-electron chi connectivity index (χ3n) is 3.33. The predicted molar refractivity (Wildman–Crippen MR) is 128 cm³/mol. The summed E-state index contributed by atoms with van der Waals surface area (Å²) < 4.78 is 0. The molecule has 162 valence electrons. The lowest BCUT2D eigenvalue weighted by Gasteiger charge is -2.12. The molecule has 0 radical (unpaired) electrons. The number of hydrogen-bond donors (Lipinski definition) is 4. The fourth-order valence-electron chi connectivity index (χ4n) is 2.25. The van der Waals surface area contributed by atoms with Gasteiger partial charge in [0.15, 0.2) is 0 Å². The molecule has 0 aromatic heterocycles. The van der Waals surface area contributed by atoms with E-state index in [1.165, 1.54) is 0 Å². The minimum Gasteiger partial charge on any atom is -0.377 e. The van der Waals surface area contributed by atoms with Crippen molar-refractivity contribution in [1.29, 1.82) is 0 Å². The SMILES string of the molecule is CC.CC.CC.CC.Cc1cc(-c2ccc(NCO)c(C)c2)ccc1NCO. The van der Waals surface area contributed by atoms with Crippen LogP contribution in [-0.4, -0.2) is 23.7 Å². The van der Waals surface area contributed by atoms with Gasteiger partial charge in [-0.3, -0.25) is 0 Å². The van der Waals surface area contributed by atoms with Gasteiger partial charge in [-0.15, -0.1) is 0 Å². The van der Waals surface area contributed by atoms with Crippen LogP contribution in [0.4, 0.5) is 11.4 Å². The summed E-state index contributed by atoms with van der Waals surface area (Å²) in [6.07, 6.45) is 0. The van der Waals surface area contributed by atoms with Crippen molar-refractivity contribution in [3.05, 3.63) is 47.5 Å². The van der Waals surface area contributed by atoms with E-state index in [1.54, 1.807) is 0 Å². The van der Waals surface area contributed by atoms with Gasteiger partial charge in [-0.05, 0) is 60.4 Å². The van der Waals surface area contributed by atoms with Crippen molar-refractivity contribution in [3.8, 4) is 11.1 Å². The van der Waals surface area contributed by atoms with E-state index >= 15 is 0 Å². The molecular weight excluding hydrogens is 348 g/mol. The van der Waals surface area contributed by atoms with Crippen molar-refractivity contribution >= 4 is 11.4 Å². The van der Waals surface area contributed by atoms with Gasteiger partial charge in [-0.25, -0.2) is 0 Å². The number of aliphatic hydroxyl groups excluding tert-OH is 2. The second-order valence-electron chi connectivity index (χ2n) is 4.73. The summed E-state index contributed by atoms with van der Waals surface area (Å²) in [7, 11) is 0. The van der Waals surface area contributed by atoms with Crippen LogP contribution in [0.15, 0.2) is 36.4 Å². The topological polar surface area (TPSA) is 64.5 Å². The Bertz CT molecular complexity index is 546. The monoisotopic (exact) mass is 392 g/mol. The lowest BCUT2D eigenvalue weighted by Crippen LogP contribution is -2.02. The number of anilines is 2. The van der Waals surface area contributed by atoms with Crippen molar-refractivity contribution in [1.82, 2.24) is 0 Å². The van der Waals surface area contributed by atoms with Gasteiger partial charge in [-0.2, -0.15) is 0 Å². The van der Waals surface area contributed by atoms with E-state index in [2.05, 4.69) is 22.8 Å². The summed E-state index contributed by atoms with van der Waals surface area (Å²) >= 11 is 0. The van der Waals surface area contributed by atoms with Gasteiger partial charge < -0.3 is 20.8 Å². The number of aryl methyl sites for hydroxylation is 2. The quantitative estimate of drug-likeness (QED) is 0.423. The maximum Gasteiger partial charge on any atom is 0.113 e. The zero-order chi connectivity index (χ0) is 22.5. The zero-order valence-corrected chi connectivity index (χ0v) is 19.8. The van der Waals surface area contributed by atoms with Gasteiger partial charge in [0.2, 0.25) is 0 Å². The molecule has 0 saturated carbocycles. The van der Waals surface area contributed by atoms with Crippen LogP contribution in [0.2, 0.25) is 0 Å². The van der Waals surface area contributed by atoms with E-state index in [-0.39, 0.29) is 13.5 Å². The van der Waals surface area contributed by atoms with Gasteiger partial charge in [-0.1, -0.05) is 67.5 Å². The summed E-state index contributed by atoms with van der Waals surface area (Å²) in [6.45, 7) is 19.9. The zero-order valence-electron chi connectivity index (χ0n) is 19.8. The van der Waals surface area contributed by atoms with Crippen molar-refractivity contribution in [2.24, 2.45) is 0 Å². The molecule has 0 saturated heterocycles. The number of rotatable bonds is 5. The molecule has 2 rings (SSSR count). The highest BCUT2D eigenvalue weighted by Gasteiger charge is 2.04. The van der Waals surface area contributed by atoms with Gasteiger partial charge >= 0.3 is 0 Å². The predicted octanol–water partition coefficient (Wildman–Crippen LogP) is 6.80. The molecule has 0 bridgehead atoms. The van der Waals surface area contributed by atoms with Crippen molar-refractivity contribution < 1.29 is 10.2 Å². The van der Waals surface area contributed by atoms with Crippen LogP contribution in [0.1, 0.15) is 66.5 Å². The Morgan fingerprint density at radius 3 is 1.07 bits per heavy atom. The van der Waals surface area contributed by atoms with Gasteiger partial charge in [0.1, 0.15) is 13.5 Å². The molecule has 0 aliphatic rings. The van der Waals surface area contributed by atoms with Crippen molar-refractivity contribution in [2.75, 3.05) is 24.1 Å². The molecule has 28 heavy (non-hydrogen) atoms. The largest absolute Gasteiger partial charge is 0.377 e. The molecule has 0 fully saturated rings. The van der Waals surface area contributed by atoms with Crippen molar-refractivity contribution in [2.45, 2.75) is 69.2 Å². The van der Waals surface area contributed by atoms with Gasteiger partial charge in [0.25, 0.3) is 0 Å². The van der Waals surface area contributed by atoms with E-state index < -0.39 is 0 Å². The molecule has 0 aliphatic carbocycles. The summed E-state index contributed by atoms with van der Waals surface area (Å²) in [5.41, 5.74) is 6.31. The minimum atomic E-state index is -0.0686. The molecule has 0 spiro atoms. The fraction of sp³-hybridized carbons (Fsp3) is 0.500. The first kappa shape index (κ1) is 30.7. The van der Waals surface area contributed by atoms with Crippen LogP contribution in [-0.2, 0) is 0 Å². The smallest absolute Gasteiger partial charge is 0.113 e. The Kier molecular flexibility index (Phi) is 23.3. The lowest BCUT2D eigenvalue weighted by molar-refractivity contribution is 0.325. The molecular formula is C24H44N2O2. The molecule has 0 heterocycles. The Morgan fingerprint density at radius 1 is 0.571 bits per heavy atom. The molecule has 2 aromatic rings. The first-order chi connectivity index (χ1) is 13.7. The van der Waals surface area contributed by atoms with E-state index in [0.29, 0.717) is 0 Å². The second-order valence-corrected chi connectivity index (χ2v) is 4.73. The number of aliphatic hydroxyl groups is 2. The van der Waals surface area contributed by atoms with Crippen LogP contribution >= 0.6 is 0 Å². The van der Waals surface area contributed by atoms with E-state index in [9.17, 15) is 0 Å². The standard InChI is InChI=1S/C16H20N2O2.4C2H6/c1-11-7-13(3-5-15(11)17-9-19)14-4-6-16(18-10-20)12(2)8-14;4*1-2/h3-8,17-20H,9-10H2,1-2H3;4*1-2H3. The molecule has 4 nitrogen and oxygen atoms in total. The highest BCUT2D eigenvalue weighted by Crippen LogP contribution is 2.27. The maximum atomic E-state index is 8.91. The molecule has 2 aromatic carbocycles. The molecule has 0 unspecified atom stereocenters. The summed E-state index contributed by atoms with van der Waals surface area (Å²) in [4.78, 5) is 0. The molecule has 0 amide bonds. The molecule has 4 N–H and O–H groups in total. The Morgan fingerprint density at radius 2 is 0.857 bits per heavy atom. The average molecular weight is 393 g/mol. The highest BCUT2D eigenvalue weighted by molar-refractivity contribution is 5.71. The van der Waals surface area contributed by atoms with E-state index in [0.717, 1.165) is 33.6 Å². The fourth-order valence-corrected chi connectivity index (χ4v) is 2.25. The maximum absolute atomic E-state index is 8.91. The van der Waals surface area contributed by atoms with Crippen LogP contribution < -0.4 is 10.6 Å². The number of nitrogens with one attached hydrogen (secondary N) is 2. The van der Waals surface area contributed by atoms with E-state index in [1.807, 2.05) is 93.5 Å². The first-order valence-corrected chi connectivity index (χ1v) is 10.6. The summed E-state index contributed by atoms with van der Waals surface area (Å²) in [5, 5.41) is 23.6. The van der Waals surface area contributed by atoms with Crippen LogP contribution in [0.3, 0.4) is 0 Å². The van der Waals surface area contributed by atoms with Crippen LogP contribution in [0.5, 0.6) is 0 Å². The highest BCUT2D eigenvalue weighted by atomic mass is 16.3. The van der Waals surface area contributed by atoms with E-state index in [4.69, 9.17) is 10.2 Å². The Hall–Kier alpha value is -2.04. The number of hydrogen-bond acceptors (Lipinski definition) is 4.